The summed E-state index contributed by atoms with van der Waals surface area (Å²) >= 11 is 0. The summed E-state index contributed by atoms with van der Waals surface area (Å²) in [6.45, 7) is 6.19. The standard InChI is InChI=1S/C67H104O6/c1-4-7-10-13-16-19-22-25-27-28-29-30-31-32-33-34-35-36-37-38-40-42-45-48-51-54-57-60-66(69)72-63-64(62-71-65(68)59-56-53-50-47-44-41-24-21-18-15-12-9-6-3)73-67(70)61-58-55-52-49-46-43-39-26-23-20-17-14-11-8-5-2/h7-12,16-21,25-27,29-30,32-33,35-36,39,41,44,50,53,64H,4-6,13-15,22-24,28,31,34,37-38,40,42-43,45-49,51-52,54-63H2,1-3H3/b10-7-,11-8-,12-9-,19-16-,20-17-,21-18-,27-25-,30-29-,33-32-,36-35-,39-26-,44-41-,53-50-. The van der Waals surface area contributed by atoms with Gasteiger partial charge in [0.25, 0.3) is 0 Å². The van der Waals surface area contributed by atoms with E-state index < -0.39 is 6.10 Å². The van der Waals surface area contributed by atoms with Crippen molar-refractivity contribution in [1.29, 1.82) is 0 Å². The predicted octanol–water partition coefficient (Wildman–Crippen LogP) is 19.8. The molecule has 0 fully saturated rings. The molecule has 0 saturated heterocycles. The van der Waals surface area contributed by atoms with Crippen molar-refractivity contribution in [2.24, 2.45) is 0 Å². The average molecular weight is 1010 g/mol. The van der Waals surface area contributed by atoms with Crippen LogP contribution in [0.1, 0.15) is 226 Å². The minimum atomic E-state index is -0.827. The molecule has 0 aromatic rings. The molecule has 0 rings (SSSR count). The predicted molar refractivity (Wildman–Crippen MR) is 315 cm³/mol. The van der Waals surface area contributed by atoms with E-state index in [0.29, 0.717) is 12.8 Å². The molecule has 0 bridgehead atoms. The third kappa shape index (κ3) is 57.8. The van der Waals surface area contributed by atoms with Gasteiger partial charge in [-0.05, 0) is 128 Å². The summed E-state index contributed by atoms with van der Waals surface area (Å²) < 4.78 is 16.8. The number of carbonyl (C=O) groups excluding carboxylic acids is 3. The number of allylic oxidation sites excluding steroid dienone is 26. The fourth-order valence-electron chi connectivity index (χ4n) is 7.30. The van der Waals surface area contributed by atoms with Gasteiger partial charge in [-0.2, -0.15) is 0 Å². The van der Waals surface area contributed by atoms with E-state index in [-0.39, 0.29) is 44.0 Å². The molecule has 0 amide bonds. The van der Waals surface area contributed by atoms with Gasteiger partial charge in [0.05, 0.1) is 0 Å². The highest BCUT2D eigenvalue weighted by Gasteiger charge is 2.19. The number of hydrogen-bond acceptors (Lipinski definition) is 6. The highest BCUT2D eigenvalue weighted by Crippen LogP contribution is 2.13. The molecular formula is C67H104O6. The zero-order valence-corrected chi connectivity index (χ0v) is 46.6. The lowest BCUT2D eigenvalue weighted by atomic mass is 10.1. The van der Waals surface area contributed by atoms with Crippen molar-refractivity contribution >= 4 is 17.9 Å². The molecule has 0 saturated carbocycles. The molecule has 0 aromatic carbocycles. The molecule has 1 unspecified atom stereocenters. The summed E-state index contributed by atoms with van der Waals surface area (Å²) in [6, 6.07) is 0. The van der Waals surface area contributed by atoms with Crippen LogP contribution in [0.4, 0.5) is 0 Å². The third-order valence-electron chi connectivity index (χ3n) is 11.5. The Bertz CT molecular complexity index is 1670. The number of hydrogen-bond donors (Lipinski definition) is 0. The zero-order valence-electron chi connectivity index (χ0n) is 46.6. The van der Waals surface area contributed by atoms with Crippen LogP contribution >= 0.6 is 0 Å². The van der Waals surface area contributed by atoms with Gasteiger partial charge in [0, 0.05) is 19.3 Å². The highest BCUT2D eigenvalue weighted by atomic mass is 16.6. The van der Waals surface area contributed by atoms with Gasteiger partial charge in [-0.1, -0.05) is 237 Å². The van der Waals surface area contributed by atoms with E-state index in [1.54, 1.807) is 0 Å². The molecule has 6 nitrogen and oxygen atoms in total. The van der Waals surface area contributed by atoms with Gasteiger partial charge in [0.2, 0.25) is 0 Å². The Kier molecular flexibility index (Phi) is 55.5. The van der Waals surface area contributed by atoms with Crippen LogP contribution in [0.5, 0.6) is 0 Å². The van der Waals surface area contributed by atoms with Crippen molar-refractivity contribution in [1.82, 2.24) is 0 Å². The van der Waals surface area contributed by atoms with Crippen LogP contribution in [0.25, 0.3) is 0 Å². The van der Waals surface area contributed by atoms with Crippen LogP contribution in [0.2, 0.25) is 0 Å². The van der Waals surface area contributed by atoms with Crippen LogP contribution in [-0.2, 0) is 28.6 Å². The van der Waals surface area contributed by atoms with Crippen molar-refractivity contribution in [2.45, 2.75) is 232 Å². The Morgan fingerprint density at radius 3 is 0.849 bits per heavy atom. The summed E-state index contributed by atoms with van der Waals surface area (Å²) in [6.07, 6.45) is 86.8. The first-order valence-corrected chi connectivity index (χ1v) is 29.0. The van der Waals surface area contributed by atoms with Crippen molar-refractivity contribution in [3.8, 4) is 0 Å². The lowest BCUT2D eigenvalue weighted by Crippen LogP contribution is -2.30. The fourth-order valence-corrected chi connectivity index (χ4v) is 7.30. The Labute approximate surface area is 448 Å². The molecule has 1 atom stereocenters. The van der Waals surface area contributed by atoms with Crippen LogP contribution in [0.3, 0.4) is 0 Å². The van der Waals surface area contributed by atoms with E-state index in [4.69, 9.17) is 14.2 Å². The number of esters is 3. The largest absolute Gasteiger partial charge is 0.462 e. The summed E-state index contributed by atoms with van der Waals surface area (Å²) in [5, 5.41) is 0. The molecule has 0 aliphatic heterocycles. The smallest absolute Gasteiger partial charge is 0.306 e. The van der Waals surface area contributed by atoms with Crippen molar-refractivity contribution < 1.29 is 28.6 Å². The lowest BCUT2D eigenvalue weighted by Gasteiger charge is -2.18. The summed E-state index contributed by atoms with van der Waals surface area (Å²) in [5.41, 5.74) is 0. The van der Waals surface area contributed by atoms with Crippen LogP contribution in [0, 0.1) is 0 Å². The number of rotatable bonds is 50. The maximum absolute atomic E-state index is 12.8. The molecule has 0 N–H and O–H groups in total. The lowest BCUT2D eigenvalue weighted by molar-refractivity contribution is -0.166. The molecule has 408 valence electrons. The minimum Gasteiger partial charge on any atom is -0.462 e. The third-order valence-corrected chi connectivity index (χ3v) is 11.5. The number of unbranched alkanes of at least 4 members (excludes halogenated alkanes) is 13. The van der Waals surface area contributed by atoms with Gasteiger partial charge in [0.1, 0.15) is 13.2 Å². The van der Waals surface area contributed by atoms with Gasteiger partial charge in [0.15, 0.2) is 6.10 Å². The summed E-state index contributed by atoms with van der Waals surface area (Å²) in [4.78, 5) is 38.1. The van der Waals surface area contributed by atoms with E-state index >= 15 is 0 Å². The maximum Gasteiger partial charge on any atom is 0.306 e. The van der Waals surface area contributed by atoms with E-state index in [2.05, 4.69) is 167 Å². The molecule has 0 radical (unpaired) electrons. The first-order chi connectivity index (χ1) is 36.0. The molecule has 0 spiro atoms. The zero-order chi connectivity index (χ0) is 52.9. The summed E-state index contributed by atoms with van der Waals surface area (Å²) in [7, 11) is 0. The monoisotopic (exact) mass is 1000 g/mol. The van der Waals surface area contributed by atoms with E-state index in [1.807, 2.05) is 12.2 Å². The van der Waals surface area contributed by atoms with Crippen LogP contribution in [-0.4, -0.2) is 37.2 Å². The molecule has 0 aliphatic rings. The molecule has 0 aliphatic carbocycles. The Balaban J connectivity index is 4.41. The molecular weight excluding hydrogens is 901 g/mol. The van der Waals surface area contributed by atoms with E-state index in [9.17, 15) is 14.4 Å². The SMILES string of the molecule is CC/C=C\C/C=C\C/C=C\C/C=C\C/C=C\C/C=C\CCCCCCCCCCC(=O)OCC(COC(=O)CC/C=C\C/C=C\C/C=C\C/C=C\CC)OC(=O)CCCCCCC/C=C\C/C=C\C/C=C\CC. The van der Waals surface area contributed by atoms with Gasteiger partial charge in [-0.3, -0.25) is 14.4 Å². The minimum absolute atomic E-state index is 0.119. The van der Waals surface area contributed by atoms with Gasteiger partial charge in [-0.15, -0.1) is 0 Å². The maximum atomic E-state index is 12.8. The second-order valence-electron chi connectivity index (χ2n) is 18.4. The highest BCUT2D eigenvalue weighted by molar-refractivity contribution is 5.71. The quantitative estimate of drug-likeness (QED) is 0.0261. The fraction of sp³-hybridized carbons (Fsp3) is 0.567. The van der Waals surface area contributed by atoms with Crippen LogP contribution in [0.15, 0.2) is 158 Å². The second-order valence-corrected chi connectivity index (χ2v) is 18.4. The van der Waals surface area contributed by atoms with Gasteiger partial charge >= 0.3 is 17.9 Å². The van der Waals surface area contributed by atoms with Crippen molar-refractivity contribution in [2.75, 3.05) is 13.2 Å². The number of ether oxygens (including phenoxy) is 3. The topological polar surface area (TPSA) is 78.9 Å². The van der Waals surface area contributed by atoms with Crippen molar-refractivity contribution in [3.05, 3.63) is 158 Å². The van der Waals surface area contributed by atoms with E-state index in [0.717, 1.165) is 148 Å². The van der Waals surface area contributed by atoms with E-state index in [1.165, 1.54) is 32.1 Å². The average Bonchev–Trinajstić information content (AvgIpc) is 3.39. The molecule has 6 heteroatoms. The van der Waals surface area contributed by atoms with Gasteiger partial charge < -0.3 is 14.2 Å². The van der Waals surface area contributed by atoms with Gasteiger partial charge in [-0.25, -0.2) is 0 Å². The number of carbonyl (C=O) groups is 3. The first kappa shape index (κ1) is 68.0. The van der Waals surface area contributed by atoms with Crippen molar-refractivity contribution in [3.63, 3.8) is 0 Å². The normalized spacial score (nSPS) is 13.3. The Morgan fingerprint density at radius 2 is 0.521 bits per heavy atom. The van der Waals surface area contributed by atoms with Crippen LogP contribution < -0.4 is 0 Å². The Morgan fingerprint density at radius 1 is 0.274 bits per heavy atom. The molecule has 0 heterocycles. The second kappa shape index (κ2) is 59.6. The Hall–Kier alpha value is -4.97. The first-order valence-electron chi connectivity index (χ1n) is 29.0. The molecule has 0 aromatic heterocycles. The summed E-state index contributed by atoms with van der Waals surface area (Å²) in [5.74, 6) is -1.04. The molecule has 73 heavy (non-hydrogen) atoms.